The van der Waals surface area contributed by atoms with Gasteiger partial charge < -0.3 is 14.5 Å². The second-order valence-electron chi connectivity index (χ2n) is 9.83. The normalized spacial score (nSPS) is 13.9. The van der Waals surface area contributed by atoms with E-state index in [4.69, 9.17) is 9.47 Å². The van der Waals surface area contributed by atoms with Crippen LogP contribution in [0.2, 0.25) is 0 Å². The fourth-order valence-corrected chi connectivity index (χ4v) is 6.37. The van der Waals surface area contributed by atoms with Gasteiger partial charge in [0.1, 0.15) is 13.2 Å². The number of ether oxygens (including phenoxy) is 2. The van der Waals surface area contributed by atoms with Gasteiger partial charge in [0.2, 0.25) is 10.0 Å². The van der Waals surface area contributed by atoms with Crippen molar-refractivity contribution in [3.63, 3.8) is 0 Å². The molecular weight excluding hydrogens is 496 g/mol. The lowest BCUT2D eigenvalue weighted by Gasteiger charge is -2.23. The first kappa shape index (κ1) is 24.5. The van der Waals surface area contributed by atoms with Gasteiger partial charge in [0, 0.05) is 35.0 Å². The van der Waals surface area contributed by atoms with Gasteiger partial charge in [-0.25, -0.2) is 8.42 Å². The first-order valence-corrected chi connectivity index (χ1v) is 14.0. The number of rotatable bonds is 6. The molecule has 1 aliphatic heterocycles. The van der Waals surface area contributed by atoms with Crippen LogP contribution >= 0.6 is 11.3 Å². The summed E-state index contributed by atoms with van der Waals surface area (Å²) >= 11 is 1.48. The molecule has 188 valence electrons. The minimum atomic E-state index is -3.88. The molecule has 0 atom stereocenters. The number of thiophene rings is 1. The lowest BCUT2D eigenvalue weighted by Crippen LogP contribution is -2.32. The predicted octanol–water partition coefficient (Wildman–Crippen LogP) is 5.05. The number of benzene rings is 2. The minimum absolute atomic E-state index is 0.0685. The van der Waals surface area contributed by atoms with Crippen LogP contribution in [0.15, 0.2) is 69.7 Å². The second-order valence-corrected chi connectivity index (χ2v) is 12.8. The molecular formula is C27H28N2O5S2. The van der Waals surface area contributed by atoms with E-state index < -0.39 is 10.0 Å². The Morgan fingerprint density at radius 2 is 1.67 bits per heavy atom. The number of hydrogen-bond donors (Lipinski definition) is 1. The van der Waals surface area contributed by atoms with E-state index in [0.717, 1.165) is 15.8 Å². The fourth-order valence-electron chi connectivity index (χ4n) is 4.17. The third-order valence-corrected chi connectivity index (χ3v) is 8.87. The Balaban J connectivity index is 1.53. The van der Waals surface area contributed by atoms with Crippen molar-refractivity contribution in [3.8, 4) is 11.5 Å². The van der Waals surface area contributed by atoms with E-state index in [1.807, 2.05) is 35.7 Å². The van der Waals surface area contributed by atoms with Gasteiger partial charge >= 0.3 is 0 Å². The van der Waals surface area contributed by atoms with Crippen molar-refractivity contribution in [2.45, 2.75) is 44.2 Å². The van der Waals surface area contributed by atoms with Gasteiger partial charge in [-0.15, -0.1) is 11.3 Å². The minimum Gasteiger partial charge on any atom is -0.486 e. The highest BCUT2D eigenvalue weighted by Crippen LogP contribution is 2.34. The smallest absolute Gasteiger partial charge is 0.252 e. The number of aromatic amines is 1. The predicted molar refractivity (Wildman–Crippen MR) is 141 cm³/mol. The Kier molecular flexibility index (Phi) is 6.40. The third kappa shape index (κ3) is 4.91. The Morgan fingerprint density at radius 1 is 0.972 bits per heavy atom. The fraction of sp³-hybridized carbons (Fsp3) is 0.296. The molecule has 7 nitrogen and oxygen atoms in total. The highest BCUT2D eigenvalue weighted by Gasteiger charge is 2.27. The molecule has 0 fully saturated rings. The van der Waals surface area contributed by atoms with E-state index in [2.05, 4.69) is 25.8 Å². The standard InChI is InChI=1S/C27H28N2O5S2/c1-27(2,3)20-6-8-22(9-7-20)36(31,32)29(17-21-5-4-12-35-21)16-19-13-18-14-24-25(34-11-10-33-24)15-23(18)28-26(19)30/h4-9,12-15H,10-11,16-17H2,1-3H3,(H,28,30). The van der Waals surface area contributed by atoms with Gasteiger partial charge in [0.05, 0.1) is 10.4 Å². The molecule has 5 rings (SSSR count). The Hall–Kier alpha value is -3.14. The van der Waals surface area contributed by atoms with Crippen LogP contribution in [0.5, 0.6) is 11.5 Å². The molecule has 2 aromatic carbocycles. The first-order chi connectivity index (χ1) is 17.1. The second kappa shape index (κ2) is 9.38. The van der Waals surface area contributed by atoms with Gasteiger partial charge in [0.15, 0.2) is 11.5 Å². The maximum Gasteiger partial charge on any atom is 0.252 e. The zero-order valence-electron chi connectivity index (χ0n) is 20.4. The van der Waals surface area contributed by atoms with Crippen LogP contribution in [0.25, 0.3) is 10.9 Å². The topological polar surface area (TPSA) is 88.7 Å². The van der Waals surface area contributed by atoms with E-state index in [1.54, 1.807) is 24.3 Å². The SMILES string of the molecule is CC(C)(C)c1ccc(S(=O)(=O)N(Cc2cccs2)Cc2cc3cc4c(cc3[nH]c2=O)OCCO4)cc1. The van der Waals surface area contributed by atoms with Crippen LogP contribution in [0.4, 0.5) is 0 Å². The summed E-state index contributed by atoms with van der Waals surface area (Å²) in [6, 6.07) is 16.1. The molecule has 1 N–H and O–H groups in total. The summed E-state index contributed by atoms with van der Waals surface area (Å²) in [5.74, 6) is 1.19. The van der Waals surface area contributed by atoms with E-state index >= 15 is 0 Å². The van der Waals surface area contributed by atoms with Crippen molar-refractivity contribution in [1.29, 1.82) is 0 Å². The summed E-state index contributed by atoms with van der Waals surface area (Å²) in [7, 11) is -3.88. The molecule has 0 amide bonds. The van der Waals surface area contributed by atoms with Crippen molar-refractivity contribution in [2.24, 2.45) is 0 Å². The van der Waals surface area contributed by atoms with Crippen molar-refractivity contribution in [3.05, 3.63) is 86.3 Å². The molecule has 3 heterocycles. The molecule has 0 radical (unpaired) electrons. The molecule has 1 aliphatic rings. The average Bonchev–Trinajstić information content (AvgIpc) is 3.35. The first-order valence-electron chi connectivity index (χ1n) is 11.7. The van der Waals surface area contributed by atoms with Crippen LogP contribution in [0.1, 0.15) is 36.8 Å². The van der Waals surface area contributed by atoms with E-state index in [9.17, 15) is 13.2 Å². The molecule has 36 heavy (non-hydrogen) atoms. The monoisotopic (exact) mass is 524 g/mol. The molecule has 0 spiro atoms. The number of hydrogen-bond acceptors (Lipinski definition) is 6. The number of aromatic nitrogens is 1. The summed E-state index contributed by atoms with van der Waals surface area (Å²) in [6.07, 6.45) is 0. The van der Waals surface area contributed by atoms with E-state index in [1.165, 1.54) is 15.6 Å². The maximum atomic E-state index is 13.8. The van der Waals surface area contributed by atoms with Gasteiger partial charge in [-0.2, -0.15) is 4.31 Å². The van der Waals surface area contributed by atoms with E-state index in [-0.39, 0.29) is 29.0 Å². The van der Waals surface area contributed by atoms with Crippen molar-refractivity contribution in [2.75, 3.05) is 13.2 Å². The Bertz CT molecular complexity index is 1550. The molecule has 0 saturated heterocycles. The highest BCUT2D eigenvalue weighted by molar-refractivity contribution is 7.89. The van der Waals surface area contributed by atoms with Crippen LogP contribution in [-0.4, -0.2) is 30.9 Å². The third-order valence-electron chi connectivity index (χ3n) is 6.20. The molecule has 9 heteroatoms. The molecule has 0 unspecified atom stereocenters. The number of fused-ring (bicyclic) bond motifs is 2. The molecule has 2 aromatic heterocycles. The van der Waals surface area contributed by atoms with Crippen molar-refractivity contribution in [1.82, 2.24) is 9.29 Å². The number of pyridine rings is 1. The number of nitrogens with zero attached hydrogens (tertiary/aromatic N) is 1. The van der Waals surface area contributed by atoms with Gasteiger partial charge in [-0.05, 0) is 46.7 Å². The Labute approximate surface area is 214 Å². The molecule has 0 bridgehead atoms. The Morgan fingerprint density at radius 3 is 2.31 bits per heavy atom. The van der Waals surface area contributed by atoms with E-state index in [0.29, 0.717) is 35.8 Å². The van der Waals surface area contributed by atoms with Crippen LogP contribution in [0.3, 0.4) is 0 Å². The molecule has 0 saturated carbocycles. The maximum absolute atomic E-state index is 13.8. The summed E-state index contributed by atoms with van der Waals surface area (Å²) < 4.78 is 40.2. The number of H-pyrrole nitrogens is 1. The van der Waals surface area contributed by atoms with Crippen molar-refractivity contribution >= 4 is 32.3 Å². The lowest BCUT2D eigenvalue weighted by atomic mass is 9.87. The quantitative estimate of drug-likeness (QED) is 0.381. The zero-order valence-corrected chi connectivity index (χ0v) is 22.0. The number of nitrogens with one attached hydrogen (secondary N) is 1. The summed E-state index contributed by atoms with van der Waals surface area (Å²) in [5.41, 5.74) is 1.58. The van der Waals surface area contributed by atoms with Crippen LogP contribution in [0, 0.1) is 0 Å². The van der Waals surface area contributed by atoms with Crippen molar-refractivity contribution < 1.29 is 17.9 Å². The number of sulfonamides is 1. The zero-order chi connectivity index (χ0) is 25.5. The van der Waals surface area contributed by atoms with Gasteiger partial charge in [-0.3, -0.25) is 4.79 Å². The average molecular weight is 525 g/mol. The summed E-state index contributed by atoms with van der Waals surface area (Å²) in [4.78, 5) is 17.0. The van der Waals surface area contributed by atoms with Crippen LogP contribution < -0.4 is 15.0 Å². The van der Waals surface area contributed by atoms with Gasteiger partial charge in [-0.1, -0.05) is 39.0 Å². The lowest BCUT2D eigenvalue weighted by molar-refractivity contribution is 0.172. The largest absolute Gasteiger partial charge is 0.486 e. The highest BCUT2D eigenvalue weighted by atomic mass is 32.2. The summed E-state index contributed by atoms with van der Waals surface area (Å²) in [5, 5.41) is 2.66. The summed E-state index contributed by atoms with van der Waals surface area (Å²) in [6.45, 7) is 7.25. The van der Waals surface area contributed by atoms with Crippen LogP contribution in [-0.2, 0) is 28.5 Å². The molecule has 0 aliphatic carbocycles. The van der Waals surface area contributed by atoms with Gasteiger partial charge in [0.25, 0.3) is 5.56 Å². The molecule has 4 aromatic rings.